The van der Waals surface area contributed by atoms with E-state index in [0.29, 0.717) is 12.5 Å². The maximum atomic E-state index is 13.9. The molecule has 2 fully saturated rings. The molecule has 3 heterocycles. The van der Waals surface area contributed by atoms with Crippen molar-refractivity contribution in [2.75, 3.05) is 39.1 Å². The fourth-order valence-corrected chi connectivity index (χ4v) is 4.55. The zero-order valence-electron chi connectivity index (χ0n) is 15.8. The standard InChI is InChI=1S/C20H24FN5O2/c1-28-12-18(27)26-10-15-9-25(8-13-6-23-20(22)24-7-13)11-17(15)19(26)14-3-2-4-16(21)5-14/h2-7,15,17,19H,8-12H2,1H3,(H2,22,23,24)/t15-,17-,19+/m1/s1. The number of anilines is 1. The molecule has 0 aliphatic carbocycles. The number of aromatic nitrogens is 2. The first kappa shape index (κ1) is 18.8. The van der Waals surface area contributed by atoms with Crippen molar-refractivity contribution in [1.82, 2.24) is 19.8 Å². The van der Waals surface area contributed by atoms with Crippen molar-refractivity contribution in [2.45, 2.75) is 12.6 Å². The molecule has 2 N–H and O–H groups in total. The molecule has 1 aromatic heterocycles. The molecule has 7 nitrogen and oxygen atoms in total. The number of benzene rings is 1. The number of fused-ring (bicyclic) bond motifs is 1. The number of rotatable bonds is 5. The second-order valence-electron chi connectivity index (χ2n) is 7.55. The monoisotopic (exact) mass is 385 g/mol. The highest BCUT2D eigenvalue weighted by Gasteiger charge is 2.48. The summed E-state index contributed by atoms with van der Waals surface area (Å²) in [5.41, 5.74) is 7.40. The second-order valence-corrected chi connectivity index (χ2v) is 7.55. The van der Waals surface area contributed by atoms with Crippen LogP contribution in [0.5, 0.6) is 0 Å². The van der Waals surface area contributed by atoms with Crippen LogP contribution in [0.3, 0.4) is 0 Å². The van der Waals surface area contributed by atoms with E-state index in [1.54, 1.807) is 18.5 Å². The minimum atomic E-state index is -0.283. The smallest absolute Gasteiger partial charge is 0.249 e. The van der Waals surface area contributed by atoms with Gasteiger partial charge in [0.25, 0.3) is 0 Å². The van der Waals surface area contributed by atoms with E-state index in [9.17, 15) is 9.18 Å². The van der Waals surface area contributed by atoms with Gasteiger partial charge in [0.2, 0.25) is 11.9 Å². The van der Waals surface area contributed by atoms with Gasteiger partial charge in [0.05, 0.1) is 6.04 Å². The molecule has 2 aliphatic heterocycles. The molecule has 0 radical (unpaired) electrons. The van der Waals surface area contributed by atoms with Crippen LogP contribution in [0.2, 0.25) is 0 Å². The average molecular weight is 385 g/mol. The molecular weight excluding hydrogens is 361 g/mol. The molecule has 0 unspecified atom stereocenters. The SMILES string of the molecule is COCC(=O)N1C[C@H]2CN(Cc3cnc(N)nc3)C[C@H]2[C@@H]1c1cccc(F)c1. The minimum absolute atomic E-state index is 0.0394. The van der Waals surface area contributed by atoms with Crippen LogP contribution in [0.25, 0.3) is 0 Å². The quantitative estimate of drug-likeness (QED) is 0.839. The Kier molecular flexibility index (Phi) is 5.23. The number of nitrogen functional groups attached to an aromatic ring is 1. The fourth-order valence-electron chi connectivity index (χ4n) is 4.55. The van der Waals surface area contributed by atoms with Crippen LogP contribution in [0.4, 0.5) is 10.3 Å². The fraction of sp³-hybridized carbons (Fsp3) is 0.450. The molecule has 8 heteroatoms. The number of hydrogen-bond donors (Lipinski definition) is 1. The van der Waals surface area contributed by atoms with Crippen LogP contribution in [-0.2, 0) is 16.1 Å². The maximum absolute atomic E-state index is 13.9. The van der Waals surface area contributed by atoms with E-state index < -0.39 is 0 Å². The molecule has 2 saturated heterocycles. The lowest BCUT2D eigenvalue weighted by atomic mass is 9.89. The predicted molar refractivity (Wildman–Crippen MR) is 101 cm³/mol. The van der Waals surface area contributed by atoms with Gasteiger partial charge in [0.1, 0.15) is 12.4 Å². The maximum Gasteiger partial charge on any atom is 0.249 e. The van der Waals surface area contributed by atoms with Crippen LogP contribution in [0.1, 0.15) is 17.2 Å². The Morgan fingerprint density at radius 3 is 2.79 bits per heavy atom. The summed E-state index contributed by atoms with van der Waals surface area (Å²) in [4.78, 5) is 24.9. The van der Waals surface area contributed by atoms with Gasteiger partial charge in [-0.1, -0.05) is 12.1 Å². The molecule has 148 valence electrons. The highest BCUT2D eigenvalue weighted by Crippen LogP contribution is 2.45. The van der Waals surface area contributed by atoms with E-state index >= 15 is 0 Å². The van der Waals surface area contributed by atoms with Crippen molar-refractivity contribution in [2.24, 2.45) is 11.8 Å². The number of nitrogens with zero attached hydrogens (tertiary/aromatic N) is 4. The Labute approximate surface area is 163 Å². The summed E-state index contributed by atoms with van der Waals surface area (Å²) in [7, 11) is 1.52. The summed E-state index contributed by atoms with van der Waals surface area (Å²) in [5.74, 6) is 0.514. The first-order chi connectivity index (χ1) is 13.5. The van der Waals surface area contributed by atoms with Crippen molar-refractivity contribution in [3.63, 3.8) is 0 Å². The zero-order chi connectivity index (χ0) is 19.7. The molecule has 2 aromatic rings. The molecule has 0 bridgehead atoms. The van der Waals surface area contributed by atoms with Gasteiger partial charge in [0.15, 0.2) is 0 Å². The van der Waals surface area contributed by atoms with E-state index in [4.69, 9.17) is 10.5 Å². The van der Waals surface area contributed by atoms with Gasteiger partial charge in [0, 0.05) is 57.2 Å². The Morgan fingerprint density at radius 2 is 2.07 bits per heavy atom. The first-order valence-corrected chi connectivity index (χ1v) is 9.37. The topological polar surface area (TPSA) is 84.6 Å². The zero-order valence-corrected chi connectivity index (χ0v) is 15.8. The first-order valence-electron chi connectivity index (χ1n) is 9.37. The van der Waals surface area contributed by atoms with E-state index in [0.717, 1.165) is 30.8 Å². The van der Waals surface area contributed by atoms with Crippen molar-refractivity contribution >= 4 is 11.9 Å². The summed E-state index contributed by atoms with van der Waals surface area (Å²) in [6, 6.07) is 6.43. The molecule has 28 heavy (non-hydrogen) atoms. The van der Waals surface area contributed by atoms with Gasteiger partial charge >= 0.3 is 0 Å². The average Bonchev–Trinajstić information content (AvgIpc) is 3.21. The lowest BCUT2D eigenvalue weighted by Crippen LogP contribution is -2.37. The van der Waals surface area contributed by atoms with Crippen LogP contribution in [0, 0.1) is 17.7 Å². The number of hydrogen-bond acceptors (Lipinski definition) is 6. The van der Waals surface area contributed by atoms with Crippen molar-refractivity contribution in [3.8, 4) is 0 Å². The van der Waals surface area contributed by atoms with Gasteiger partial charge in [-0.25, -0.2) is 14.4 Å². The molecule has 1 amide bonds. The molecule has 2 aliphatic rings. The highest BCUT2D eigenvalue weighted by atomic mass is 19.1. The van der Waals surface area contributed by atoms with Gasteiger partial charge < -0.3 is 15.4 Å². The summed E-state index contributed by atoms with van der Waals surface area (Å²) < 4.78 is 18.9. The van der Waals surface area contributed by atoms with Gasteiger partial charge in [-0.15, -0.1) is 0 Å². The second kappa shape index (κ2) is 7.81. The van der Waals surface area contributed by atoms with Gasteiger partial charge in [-0.3, -0.25) is 9.69 Å². The third-order valence-electron chi connectivity index (χ3n) is 5.65. The van der Waals surface area contributed by atoms with Crippen molar-refractivity contribution in [3.05, 3.63) is 53.6 Å². The number of nitrogens with two attached hydrogens (primary N) is 1. The van der Waals surface area contributed by atoms with Crippen molar-refractivity contribution < 1.29 is 13.9 Å². The molecular formula is C20H24FN5O2. The van der Waals surface area contributed by atoms with Crippen LogP contribution in [0.15, 0.2) is 36.7 Å². The van der Waals surface area contributed by atoms with Crippen LogP contribution < -0.4 is 5.73 Å². The van der Waals surface area contributed by atoms with Crippen molar-refractivity contribution in [1.29, 1.82) is 0 Å². The number of halogens is 1. The summed E-state index contributed by atoms with van der Waals surface area (Å²) in [6.07, 6.45) is 3.49. The Morgan fingerprint density at radius 1 is 1.29 bits per heavy atom. The lowest BCUT2D eigenvalue weighted by molar-refractivity contribution is -0.136. The predicted octanol–water partition coefficient (Wildman–Crippen LogP) is 1.48. The largest absolute Gasteiger partial charge is 0.375 e. The Hall–Kier alpha value is -2.58. The lowest BCUT2D eigenvalue weighted by Gasteiger charge is -2.30. The van der Waals surface area contributed by atoms with E-state index in [-0.39, 0.29) is 36.2 Å². The minimum Gasteiger partial charge on any atom is -0.375 e. The van der Waals surface area contributed by atoms with E-state index in [1.807, 2.05) is 11.0 Å². The third kappa shape index (κ3) is 3.70. The highest BCUT2D eigenvalue weighted by molar-refractivity contribution is 5.78. The summed E-state index contributed by atoms with van der Waals surface area (Å²) >= 11 is 0. The number of carbonyl (C=O) groups is 1. The normalized spacial score (nSPS) is 24.5. The number of ether oxygens (including phenoxy) is 1. The van der Waals surface area contributed by atoms with Crippen LogP contribution >= 0.6 is 0 Å². The molecule has 1 aromatic carbocycles. The van der Waals surface area contributed by atoms with E-state index in [2.05, 4.69) is 14.9 Å². The third-order valence-corrected chi connectivity index (χ3v) is 5.65. The Bertz CT molecular complexity index is 847. The molecule has 0 saturated carbocycles. The number of carbonyl (C=O) groups excluding carboxylic acids is 1. The number of amides is 1. The van der Waals surface area contributed by atoms with Crippen LogP contribution in [-0.4, -0.2) is 59.0 Å². The summed E-state index contributed by atoms with van der Waals surface area (Å²) in [5, 5.41) is 0. The molecule has 3 atom stereocenters. The molecule has 4 rings (SSSR count). The van der Waals surface area contributed by atoms with E-state index in [1.165, 1.54) is 19.2 Å². The number of methoxy groups -OCH3 is 1. The summed E-state index contributed by atoms with van der Waals surface area (Å²) in [6.45, 7) is 3.13. The van der Waals surface area contributed by atoms with Gasteiger partial charge in [-0.2, -0.15) is 0 Å². The number of likely N-dealkylation sites (tertiary alicyclic amines) is 2. The molecule has 0 spiro atoms. The van der Waals surface area contributed by atoms with Gasteiger partial charge in [-0.05, 0) is 23.6 Å². The Balaban J connectivity index is 1.54.